The van der Waals surface area contributed by atoms with Crippen LogP contribution >= 0.6 is 0 Å². The molecule has 2 aromatic rings. The van der Waals surface area contributed by atoms with Crippen LogP contribution < -0.4 is 0 Å². The lowest BCUT2D eigenvalue weighted by Crippen LogP contribution is -2.42. The highest BCUT2D eigenvalue weighted by molar-refractivity contribution is 5.29. The van der Waals surface area contributed by atoms with Gasteiger partial charge in [-0.05, 0) is 36.3 Å². The molecule has 1 aliphatic heterocycles. The molecule has 122 valence electrons. The van der Waals surface area contributed by atoms with Crippen LogP contribution in [0.3, 0.4) is 0 Å². The van der Waals surface area contributed by atoms with Crippen LogP contribution in [0.25, 0.3) is 0 Å². The standard InChI is InChI=1S/C18H24N4O/c1-21-13-19-20-18(21)17-12-22(8-9-23-17)11-14-6-7-15-4-2-3-5-16(15)10-14/h2-5,13-14,17H,6-12H2,1H3/t14-,17+/m1/s1. The molecule has 2 atom stereocenters. The maximum Gasteiger partial charge on any atom is 0.163 e. The highest BCUT2D eigenvalue weighted by Gasteiger charge is 2.28. The first-order valence-corrected chi connectivity index (χ1v) is 8.54. The number of morpholine rings is 1. The summed E-state index contributed by atoms with van der Waals surface area (Å²) in [4.78, 5) is 2.54. The Bertz CT molecular complexity index is 669. The van der Waals surface area contributed by atoms with E-state index in [1.165, 1.54) is 19.3 Å². The Labute approximate surface area is 137 Å². The second kappa shape index (κ2) is 6.42. The van der Waals surface area contributed by atoms with Crippen molar-refractivity contribution in [2.45, 2.75) is 25.4 Å². The van der Waals surface area contributed by atoms with E-state index in [4.69, 9.17) is 4.74 Å². The molecule has 23 heavy (non-hydrogen) atoms. The normalized spacial score (nSPS) is 25.3. The molecule has 4 rings (SSSR count). The van der Waals surface area contributed by atoms with Crippen LogP contribution in [-0.4, -0.2) is 45.9 Å². The van der Waals surface area contributed by atoms with E-state index in [1.54, 1.807) is 17.5 Å². The molecule has 1 fully saturated rings. The van der Waals surface area contributed by atoms with Crippen LogP contribution in [0, 0.1) is 5.92 Å². The third kappa shape index (κ3) is 3.16. The van der Waals surface area contributed by atoms with Gasteiger partial charge in [-0.15, -0.1) is 10.2 Å². The summed E-state index contributed by atoms with van der Waals surface area (Å²) in [6.07, 6.45) is 5.52. The van der Waals surface area contributed by atoms with Crippen LogP contribution in [0.2, 0.25) is 0 Å². The second-order valence-electron chi connectivity index (χ2n) is 6.80. The van der Waals surface area contributed by atoms with Gasteiger partial charge in [0.1, 0.15) is 12.4 Å². The quantitative estimate of drug-likeness (QED) is 0.869. The number of rotatable bonds is 3. The Morgan fingerprint density at radius 1 is 1.26 bits per heavy atom. The lowest BCUT2D eigenvalue weighted by molar-refractivity contribution is -0.0405. The van der Waals surface area contributed by atoms with E-state index in [-0.39, 0.29) is 6.10 Å². The third-order valence-electron chi connectivity index (χ3n) is 5.15. The first kappa shape index (κ1) is 14.8. The molecule has 0 amide bonds. The molecule has 1 aliphatic carbocycles. The maximum absolute atomic E-state index is 5.91. The lowest BCUT2D eigenvalue weighted by Gasteiger charge is -2.36. The van der Waals surface area contributed by atoms with Crippen LogP contribution in [0.1, 0.15) is 29.5 Å². The molecule has 0 bridgehead atoms. The van der Waals surface area contributed by atoms with Gasteiger partial charge in [-0.25, -0.2) is 0 Å². The summed E-state index contributed by atoms with van der Waals surface area (Å²) >= 11 is 0. The Morgan fingerprint density at radius 3 is 2.96 bits per heavy atom. The molecule has 2 aliphatic rings. The van der Waals surface area contributed by atoms with Crippen molar-refractivity contribution >= 4 is 0 Å². The molecule has 5 heteroatoms. The van der Waals surface area contributed by atoms with E-state index in [9.17, 15) is 0 Å². The van der Waals surface area contributed by atoms with Gasteiger partial charge in [0.15, 0.2) is 5.82 Å². The van der Waals surface area contributed by atoms with Gasteiger partial charge in [0, 0.05) is 26.7 Å². The zero-order valence-electron chi connectivity index (χ0n) is 13.7. The molecular formula is C18H24N4O. The third-order valence-corrected chi connectivity index (χ3v) is 5.15. The predicted octanol–water partition coefficient (Wildman–Crippen LogP) is 1.99. The summed E-state index contributed by atoms with van der Waals surface area (Å²) in [5, 5.41) is 8.19. The minimum atomic E-state index is 0.0483. The number of hydrogen-bond acceptors (Lipinski definition) is 4. The molecule has 0 radical (unpaired) electrons. The Morgan fingerprint density at radius 2 is 2.13 bits per heavy atom. The van der Waals surface area contributed by atoms with E-state index < -0.39 is 0 Å². The van der Waals surface area contributed by atoms with Gasteiger partial charge in [-0.2, -0.15) is 0 Å². The van der Waals surface area contributed by atoms with Crippen LogP contribution in [0.4, 0.5) is 0 Å². The Balaban J connectivity index is 1.39. The van der Waals surface area contributed by atoms with Gasteiger partial charge in [0.2, 0.25) is 0 Å². The molecule has 0 spiro atoms. The van der Waals surface area contributed by atoms with Crippen molar-refractivity contribution in [1.29, 1.82) is 0 Å². The van der Waals surface area contributed by atoms with Crippen molar-refractivity contribution in [1.82, 2.24) is 19.7 Å². The second-order valence-corrected chi connectivity index (χ2v) is 6.80. The molecule has 0 saturated carbocycles. The van der Waals surface area contributed by atoms with E-state index in [2.05, 4.69) is 39.4 Å². The number of ether oxygens (including phenoxy) is 1. The van der Waals surface area contributed by atoms with Gasteiger partial charge in [-0.1, -0.05) is 24.3 Å². The summed E-state index contributed by atoms with van der Waals surface area (Å²) in [7, 11) is 1.98. The van der Waals surface area contributed by atoms with Crippen molar-refractivity contribution in [3.63, 3.8) is 0 Å². The fourth-order valence-electron chi connectivity index (χ4n) is 3.90. The van der Waals surface area contributed by atoms with E-state index >= 15 is 0 Å². The van der Waals surface area contributed by atoms with Gasteiger partial charge in [0.25, 0.3) is 0 Å². The van der Waals surface area contributed by atoms with Gasteiger partial charge >= 0.3 is 0 Å². The Hall–Kier alpha value is -1.72. The predicted molar refractivity (Wildman–Crippen MR) is 88.1 cm³/mol. The average Bonchev–Trinajstić information content (AvgIpc) is 3.01. The van der Waals surface area contributed by atoms with Gasteiger partial charge in [0.05, 0.1) is 6.61 Å². The zero-order valence-corrected chi connectivity index (χ0v) is 13.7. The average molecular weight is 312 g/mol. The van der Waals surface area contributed by atoms with Crippen LogP contribution in [0.5, 0.6) is 0 Å². The number of benzene rings is 1. The minimum absolute atomic E-state index is 0.0483. The number of nitrogens with zero attached hydrogens (tertiary/aromatic N) is 4. The Kier molecular flexibility index (Phi) is 4.14. The highest BCUT2D eigenvalue weighted by atomic mass is 16.5. The van der Waals surface area contributed by atoms with Crippen molar-refractivity contribution < 1.29 is 4.74 Å². The molecule has 2 heterocycles. The van der Waals surface area contributed by atoms with E-state index in [1.807, 2.05) is 11.6 Å². The van der Waals surface area contributed by atoms with Crippen molar-refractivity contribution in [2.24, 2.45) is 13.0 Å². The summed E-state index contributed by atoms with van der Waals surface area (Å²) in [5.74, 6) is 1.69. The molecule has 1 saturated heterocycles. The highest BCUT2D eigenvalue weighted by Crippen LogP contribution is 2.27. The molecule has 0 N–H and O–H groups in total. The molecule has 5 nitrogen and oxygen atoms in total. The van der Waals surface area contributed by atoms with E-state index in [0.717, 1.165) is 38.0 Å². The van der Waals surface area contributed by atoms with Gasteiger partial charge in [-0.3, -0.25) is 4.90 Å². The molecule has 1 aromatic carbocycles. The van der Waals surface area contributed by atoms with Crippen molar-refractivity contribution in [3.8, 4) is 0 Å². The summed E-state index contributed by atoms with van der Waals surface area (Å²) < 4.78 is 7.88. The first-order chi connectivity index (χ1) is 11.3. The number of fused-ring (bicyclic) bond motifs is 1. The SMILES string of the molecule is Cn1cnnc1[C@@H]1CN(C[C@@H]2CCc3ccccc3C2)CCO1. The fourth-order valence-corrected chi connectivity index (χ4v) is 3.90. The number of aryl methyl sites for hydroxylation is 2. The van der Waals surface area contributed by atoms with Crippen LogP contribution in [-0.2, 0) is 24.6 Å². The largest absolute Gasteiger partial charge is 0.368 e. The summed E-state index contributed by atoms with van der Waals surface area (Å²) in [6.45, 7) is 3.88. The minimum Gasteiger partial charge on any atom is -0.368 e. The maximum atomic E-state index is 5.91. The molecular weight excluding hydrogens is 288 g/mol. The van der Waals surface area contributed by atoms with E-state index in [0.29, 0.717) is 0 Å². The lowest BCUT2D eigenvalue weighted by atomic mass is 9.83. The smallest absolute Gasteiger partial charge is 0.163 e. The number of hydrogen-bond donors (Lipinski definition) is 0. The van der Waals surface area contributed by atoms with Crippen molar-refractivity contribution in [2.75, 3.05) is 26.2 Å². The van der Waals surface area contributed by atoms with Crippen LogP contribution in [0.15, 0.2) is 30.6 Å². The molecule has 1 aromatic heterocycles. The summed E-state index contributed by atoms with van der Waals surface area (Å²) in [5.41, 5.74) is 3.09. The van der Waals surface area contributed by atoms with Gasteiger partial charge < -0.3 is 9.30 Å². The van der Waals surface area contributed by atoms with Crippen molar-refractivity contribution in [3.05, 3.63) is 47.5 Å². The summed E-state index contributed by atoms with van der Waals surface area (Å²) in [6, 6.07) is 8.90. The first-order valence-electron chi connectivity index (χ1n) is 8.54. The fraction of sp³-hybridized carbons (Fsp3) is 0.556. The topological polar surface area (TPSA) is 43.2 Å². The number of aromatic nitrogens is 3. The zero-order chi connectivity index (χ0) is 15.6. The molecule has 0 unspecified atom stereocenters. The monoisotopic (exact) mass is 312 g/mol.